The summed E-state index contributed by atoms with van der Waals surface area (Å²) in [7, 11) is 1.35. The first kappa shape index (κ1) is 10.3. The highest BCUT2D eigenvalue weighted by Gasteiger charge is 1.89. The van der Waals surface area contributed by atoms with E-state index in [-0.39, 0.29) is 5.97 Å². The van der Waals surface area contributed by atoms with Gasteiger partial charge in [-0.15, -0.1) is 0 Å². The molecule has 0 heterocycles. The summed E-state index contributed by atoms with van der Waals surface area (Å²) in [5.41, 5.74) is 1.17. The molecular weight excluding hydrogens is 178 g/mol. The third-order valence-corrected chi connectivity index (χ3v) is 1.69. The van der Waals surface area contributed by atoms with Gasteiger partial charge in [0.15, 0.2) is 0 Å². The van der Waals surface area contributed by atoms with Gasteiger partial charge in [0.05, 0.1) is 7.11 Å². The molecule has 1 aromatic carbocycles. The van der Waals surface area contributed by atoms with E-state index in [0.717, 1.165) is 0 Å². The molecule has 0 unspecified atom stereocenters. The van der Waals surface area contributed by atoms with Crippen molar-refractivity contribution < 1.29 is 9.53 Å². The topological polar surface area (TPSA) is 38.3 Å². The molecule has 3 nitrogen and oxygen atoms in total. The van der Waals surface area contributed by atoms with Crippen LogP contribution in [-0.4, -0.2) is 13.1 Å². The molecule has 1 rings (SSSR count). The SMILES string of the molecule is COC(=O)/C=C/NCc1ccccc1. The molecule has 14 heavy (non-hydrogen) atoms. The molecule has 0 aromatic heterocycles. The smallest absolute Gasteiger partial charge is 0.331 e. The second-order valence-electron chi connectivity index (χ2n) is 2.72. The normalized spacial score (nSPS) is 10.1. The summed E-state index contributed by atoms with van der Waals surface area (Å²) < 4.78 is 4.44. The van der Waals surface area contributed by atoms with Gasteiger partial charge in [0, 0.05) is 18.8 Å². The largest absolute Gasteiger partial charge is 0.466 e. The Morgan fingerprint density at radius 2 is 2.14 bits per heavy atom. The summed E-state index contributed by atoms with van der Waals surface area (Å²) in [5, 5.41) is 2.99. The summed E-state index contributed by atoms with van der Waals surface area (Å²) in [6, 6.07) is 9.94. The highest BCUT2D eigenvalue weighted by Crippen LogP contribution is 1.96. The number of esters is 1. The minimum absolute atomic E-state index is 0.356. The van der Waals surface area contributed by atoms with E-state index in [9.17, 15) is 4.79 Å². The van der Waals surface area contributed by atoms with Crippen molar-refractivity contribution in [3.8, 4) is 0 Å². The second-order valence-corrected chi connectivity index (χ2v) is 2.72. The fourth-order valence-corrected chi connectivity index (χ4v) is 0.968. The van der Waals surface area contributed by atoms with Gasteiger partial charge >= 0.3 is 5.97 Å². The van der Waals surface area contributed by atoms with Crippen LogP contribution in [0, 0.1) is 0 Å². The third-order valence-electron chi connectivity index (χ3n) is 1.69. The summed E-state index contributed by atoms with van der Waals surface area (Å²) in [5.74, 6) is -0.356. The maximum atomic E-state index is 10.7. The van der Waals surface area contributed by atoms with Crippen LogP contribution >= 0.6 is 0 Å². The number of hydrogen-bond acceptors (Lipinski definition) is 3. The number of hydrogen-bond donors (Lipinski definition) is 1. The lowest BCUT2D eigenvalue weighted by atomic mass is 10.2. The highest BCUT2D eigenvalue weighted by molar-refractivity contribution is 5.81. The predicted molar refractivity (Wildman–Crippen MR) is 54.4 cm³/mol. The van der Waals surface area contributed by atoms with E-state index >= 15 is 0 Å². The van der Waals surface area contributed by atoms with E-state index in [2.05, 4.69) is 10.1 Å². The monoisotopic (exact) mass is 191 g/mol. The minimum Gasteiger partial charge on any atom is -0.466 e. The Hall–Kier alpha value is -1.77. The Bertz CT molecular complexity index is 306. The molecule has 0 aliphatic carbocycles. The number of rotatable bonds is 4. The van der Waals surface area contributed by atoms with Crippen LogP contribution in [0.4, 0.5) is 0 Å². The van der Waals surface area contributed by atoms with Gasteiger partial charge in [0.1, 0.15) is 0 Å². The average molecular weight is 191 g/mol. The van der Waals surface area contributed by atoms with Crippen LogP contribution in [0.25, 0.3) is 0 Å². The Labute approximate surface area is 83.4 Å². The number of carbonyl (C=O) groups is 1. The molecule has 0 aliphatic heterocycles. The van der Waals surface area contributed by atoms with Crippen LogP contribution in [0.3, 0.4) is 0 Å². The van der Waals surface area contributed by atoms with Crippen LogP contribution in [0.5, 0.6) is 0 Å². The maximum absolute atomic E-state index is 10.7. The molecule has 0 bridgehead atoms. The van der Waals surface area contributed by atoms with Crippen LogP contribution < -0.4 is 5.32 Å². The first-order valence-electron chi connectivity index (χ1n) is 4.34. The van der Waals surface area contributed by atoms with E-state index in [1.807, 2.05) is 30.3 Å². The Balaban J connectivity index is 2.29. The van der Waals surface area contributed by atoms with Gasteiger partial charge in [-0.25, -0.2) is 4.79 Å². The Kier molecular flexibility index (Phi) is 4.27. The first-order valence-corrected chi connectivity index (χ1v) is 4.34. The van der Waals surface area contributed by atoms with Crippen LogP contribution in [0.1, 0.15) is 5.56 Å². The zero-order valence-electron chi connectivity index (χ0n) is 8.07. The van der Waals surface area contributed by atoms with Crippen LogP contribution in [0.15, 0.2) is 42.6 Å². The molecule has 0 saturated heterocycles. The van der Waals surface area contributed by atoms with Crippen molar-refractivity contribution in [2.75, 3.05) is 7.11 Å². The predicted octanol–water partition coefficient (Wildman–Crippen LogP) is 1.46. The lowest BCUT2D eigenvalue weighted by Crippen LogP contribution is -2.05. The molecule has 3 heteroatoms. The fourth-order valence-electron chi connectivity index (χ4n) is 0.968. The lowest BCUT2D eigenvalue weighted by molar-refractivity contribution is -0.134. The van der Waals surface area contributed by atoms with Crippen LogP contribution in [0.2, 0.25) is 0 Å². The second kappa shape index (κ2) is 5.80. The van der Waals surface area contributed by atoms with Crippen molar-refractivity contribution in [1.29, 1.82) is 0 Å². The van der Waals surface area contributed by atoms with Gasteiger partial charge in [-0.2, -0.15) is 0 Å². The van der Waals surface area contributed by atoms with Crippen LogP contribution in [-0.2, 0) is 16.1 Å². The van der Waals surface area contributed by atoms with E-state index in [0.29, 0.717) is 6.54 Å². The number of ether oxygens (including phenoxy) is 1. The lowest BCUT2D eigenvalue weighted by Gasteiger charge is -1.99. The molecule has 0 amide bonds. The minimum atomic E-state index is -0.356. The highest BCUT2D eigenvalue weighted by atomic mass is 16.5. The van der Waals surface area contributed by atoms with Gasteiger partial charge in [0.2, 0.25) is 0 Å². The number of nitrogens with one attached hydrogen (secondary N) is 1. The third kappa shape index (κ3) is 3.76. The van der Waals surface area contributed by atoms with E-state index in [1.54, 1.807) is 6.20 Å². The van der Waals surface area contributed by atoms with E-state index in [1.165, 1.54) is 18.7 Å². The standard InChI is InChI=1S/C11H13NO2/c1-14-11(13)7-8-12-9-10-5-3-2-4-6-10/h2-8,12H,9H2,1H3/b8-7+. The summed E-state index contributed by atoms with van der Waals surface area (Å²) in [4.78, 5) is 10.7. The fraction of sp³-hybridized carbons (Fsp3) is 0.182. The zero-order valence-corrected chi connectivity index (χ0v) is 8.07. The van der Waals surface area contributed by atoms with Crippen molar-refractivity contribution in [2.24, 2.45) is 0 Å². The first-order chi connectivity index (χ1) is 6.83. The van der Waals surface area contributed by atoms with Gasteiger partial charge in [-0.1, -0.05) is 30.3 Å². The van der Waals surface area contributed by atoms with Gasteiger partial charge in [0.25, 0.3) is 0 Å². The number of benzene rings is 1. The van der Waals surface area contributed by atoms with Crippen molar-refractivity contribution in [3.05, 3.63) is 48.2 Å². The zero-order chi connectivity index (χ0) is 10.2. The Morgan fingerprint density at radius 1 is 1.43 bits per heavy atom. The van der Waals surface area contributed by atoms with E-state index < -0.39 is 0 Å². The van der Waals surface area contributed by atoms with Crippen molar-refractivity contribution >= 4 is 5.97 Å². The van der Waals surface area contributed by atoms with Crippen molar-refractivity contribution in [3.63, 3.8) is 0 Å². The summed E-state index contributed by atoms with van der Waals surface area (Å²) >= 11 is 0. The molecule has 0 atom stereocenters. The number of carbonyl (C=O) groups excluding carboxylic acids is 1. The summed E-state index contributed by atoms with van der Waals surface area (Å²) in [6.07, 6.45) is 2.93. The molecule has 0 saturated carbocycles. The van der Waals surface area contributed by atoms with Gasteiger partial charge in [-0.05, 0) is 5.56 Å². The molecule has 0 fully saturated rings. The molecular formula is C11H13NO2. The van der Waals surface area contributed by atoms with E-state index in [4.69, 9.17) is 0 Å². The number of methoxy groups -OCH3 is 1. The molecule has 74 valence electrons. The van der Waals surface area contributed by atoms with Crippen molar-refractivity contribution in [2.45, 2.75) is 6.54 Å². The van der Waals surface area contributed by atoms with Gasteiger partial charge < -0.3 is 10.1 Å². The molecule has 1 aromatic rings. The summed E-state index contributed by atoms with van der Waals surface area (Å²) in [6.45, 7) is 0.703. The molecule has 1 N–H and O–H groups in total. The average Bonchev–Trinajstić information content (AvgIpc) is 2.25. The quantitative estimate of drug-likeness (QED) is 0.578. The van der Waals surface area contributed by atoms with Crippen molar-refractivity contribution in [1.82, 2.24) is 5.32 Å². The molecule has 0 radical (unpaired) electrons. The molecule has 0 spiro atoms. The molecule has 0 aliphatic rings. The Morgan fingerprint density at radius 3 is 2.79 bits per heavy atom. The maximum Gasteiger partial charge on any atom is 0.331 e. The van der Waals surface area contributed by atoms with Gasteiger partial charge in [-0.3, -0.25) is 0 Å².